The maximum absolute atomic E-state index is 12.5. The normalized spacial score (nSPS) is 20.9. The molecule has 26 heavy (non-hydrogen) atoms. The number of nitrogens with one attached hydrogen (secondary N) is 1. The Hall–Kier alpha value is -2.13. The Labute approximate surface area is 156 Å². The summed E-state index contributed by atoms with van der Waals surface area (Å²) >= 11 is 0. The van der Waals surface area contributed by atoms with Crippen molar-refractivity contribution < 1.29 is 4.79 Å². The van der Waals surface area contributed by atoms with Gasteiger partial charge in [-0.3, -0.25) is 9.69 Å². The smallest absolute Gasteiger partial charge is 0.165 e. The van der Waals surface area contributed by atoms with Crippen molar-refractivity contribution in [3.8, 4) is 0 Å². The Morgan fingerprint density at radius 2 is 1.69 bits per heavy atom. The number of likely N-dealkylation sites (tertiary alicyclic amines) is 1. The van der Waals surface area contributed by atoms with E-state index >= 15 is 0 Å². The number of anilines is 1. The number of carbonyl (C=O) groups is 1. The van der Waals surface area contributed by atoms with Gasteiger partial charge in [-0.25, -0.2) is 0 Å². The van der Waals surface area contributed by atoms with Crippen LogP contribution in [0.3, 0.4) is 0 Å². The number of Topliss-reactive ketones (excluding diaryl/α,β-unsaturated/α-hetero) is 1. The lowest BCUT2D eigenvalue weighted by molar-refractivity contribution is 0.0944. The Morgan fingerprint density at radius 1 is 1.00 bits per heavy atom. The van der Waals surface area contributed by atoms with Gasteiger partial charge < -0.3 is 5.32 Å². The highest BCUT2D eigenvalue weighted by atomic mass is 16.1. The van der Waals surface area contributed by atoms with Gasteiger partial charge in [0.15, 0.2) is 5.78 Å². The number of hydrogen-bond donors (Lipinski definition) is 1. The second-order valence-corrected chi connectivity index (χ2v) is 7.74. The summed E-state index contributed by atoms with van der Waals surface area (Å²) in [6, 6.07) is 19.4. The first kappa shape index (κ1) is 17.3. The van der Waals surface area contributed by atoms with Crippen LogP contribution in [0.25, 0.3) is 0 Å². The average molecular weight is 348 g/mol. The minimum Gasteiger partial charge on any atom is -0.379 e. The van der Waals surface area contributed by atoms with Crippen LogP contribution in [-0.2, 0) is 0 Å². The van der Waals surface area contributed by atoms with E-state index in [9.17, 15) is 4.79 Å². The molecule has 1 fully saturated rings. The number of piperidine rings is 1. The maximum atomic E-state index is 12.5. The molecule has 1 N–H and O–H groups in total. The summed E-state index contributed by atoms with van der Waals surface area (Å²) in [6.45, 7) is 4.44. The monoisotopic (exact) mass is 348 g/mol. The predicted octanol–water partition coefficient (Wildman–Crippen LogP) is 5.06. The van der Waals surface area contributed by atoms with Crippen LogP contribution in [0.2, 0.25) is 0 Å². The van der Waals surface area contributed by atoms with E-state index < -0.39 is 0 Å². The first-order chi connectivity index (χ1) is 12.7. The van der Waals surface area contributed by atoms with Gasteiger partial charge in [0.1, 0.15) is 0 Å². The maximum Gasteiger partial charge on any atom is 0.165 e. The number of rotatable bonds is 3. The number of ketones is 1. The average Bonchev–Trinajstić information content (AvgIpc) is 2.82. The van der Waals surface area contributed by atoms with Crippen molar-refractivity contribution in [1.82, 2.24) is 4.90 Å². The first-order valence-corrected chi connectivity index (χ1v) is 9.90. The fourth-order valence-electron chi connectivity index (χ4n) is 4.69. The van der Waals surface area contributed by atoms with E-state index in [1.807, 2.05) is 18.2 Å². The molecule has 2 aromatic carbocycles. The molecule has 136 valence electrons. The van der Waals surface area contributed by atoms with E-state index in [2.05, 4.69) is 53.5 Å². The number of para-hydroxylation sites is 1. The van der Waals surface area contributed by atoms with E-state index in [0.29, 0.717) is 12.5 Å². The van der Waals surface area contributed by atoms with Crippen molar-refractivity contribution in [3.05, 3.63) is 65.7 Å². The van der Waals surface area contributed by atoms with Crippen molar-refractivity contribution in [2.24, 2.45) is 0 Å². The third-order valence-electron chi connectivity index (χ3n) is 6.22. The molecule has 0 aromatic heterocycles. The highest BCUT2D eigenvalue weighted by molar-refractivity contribution is 6.02. The van der Waals surface area contributed by atoms with Crippen molar-refractivity contribution in [3.63, 3.8) is 0 Å². The van der Waals surface area contributed by atoms with Gasteiger partial charge in [-0.05, 0) is 43.4 Å². The lowest BCUT2D eigenvalue weighted by Gasteiger charge is -2.45. The highest BCUT2D eigenvalue weighted by Gasteiger charge is 2.38. The lowest BCUT2D eigenvalue weighted by Crippen LogP contribution is -2.49. The Morgan fingerprint density at radius 3 is 2.42 bits per heavy atom. The largest absolute Gasteiger partial charge is 0.379 e. The molecule has 3 heteroatoms. The van der Waals surface area contributed by atoms with Crippen molar-refractivity contribution in [2.45, 2.75) is 50.6 Å². The third-order valence-corrected chi connectivity index (χ3v) is 6.22. The topological polar surface area (TPSA) is 32.3 Å². The van der Waals surface area contributed by atoms with Gasteiger partial charge in [-0.2, -0.15) is 0 Å². The molecule has 0 amide bonds. The SMILES string of the molecule is CCC(c1ccccc1)N1CCC2(CCC(=O)c3ccccc3N2)CC1. The number of carbonyl (C=O) groups excluding carboxylic acids is 1. The van der Waals surface area contributed by atoms with E-state index in [0.717, 1.165) is 50.0 Å². The second-order valence-electron chi connectivity index (χ2n) is 7.74. The summed E-state index contributed by atoms with van der Waals surface area (Å²) in [7, 11) is 0. The molecule has 0 saturated carbocycles. The summed E-state index contributed by atoms with van der Waals surface area (Å²) < 4.78 is 0. The van der Waals surface area contributed by atoms with Crippen LogP contribution in [0.5, 0.6) is 0 Å². The standard InChI is InChI=1S/C23H28N2O/c1-2-21(18-8-4-3-5-9-18)25-16-14-23(15-17-25)13-12-22(26)19-10-6-7-11-20(19)24-23/h3-11,21,24H,2,12-17H2,1H3. The molecule has 1 atom stereocenters. The fourth-order valence-corrected chi connectivity index (χ4v) is 4.69. The number of fused-ring (bicyclic) bond motifs is 1. The Kier molecular flexibility index (Phi) is 4.82. The zero-order valence-corrected chi connectivity index (χ0v) is 15.6. The van der Waals surface area contributed by atoms with Crippen LogP contribution in [0, 0.1) is 0 Å². The predicted molar refractivity (Wildman–Crippen MR) is 107 cm³/mol. The van der Waals surface area contributed by atoms with E-state index in [1.165, 1.54) is 5.56 Å². The van der Waals surface area contributed by atoms with E-state index in [1.54, 1.807) is 0 Å². The van der Waals surface area contributed by atoms with Gasteiger partial charge >= 0.3 is 0 Å². The molecule has 2 heterocycles. The molecular formula is C23H28N2O. The van der Waals surface area contributed by atoms with Gasteiger partial charge in [0, 0.05) is 42.3 Å². The Bertz CT molecular complexity index is 763. The number of hydrogen-bond acceptors (Lipinski definition) is 3. The summed E-state index contributed by atoms with van der Waals surface area (Å²) in [6.07, 6.45) is 4.91. The molecule has 1 spiro atoms. The van der Waals surface area contributed by atoms with Gasteiger partial charge in [-0.1, -0.05) is 49.4 Å². The third kappa shape index (κ3) is 3.28. The lowest BCUT2D eigenvalue weighted by atomic mass is 9.82. The van der Waals surface area contributed by atoms with Gasteiger partial charge in [0.05, 0.1) is 0 Å². The van der Waals surface area contributed by atoms with Gasteiger partial charge in [0.25, 0.3) is 0 Å². The summed E-state index contributed by atoms with van der Waals surface area (Å²) in [5.74, 6) is 0.281. The highest BCUT2D eigenvalue weighted by Crippen LogP contribution is 2.38. The molecule has 0 radical (unpaired) electrons. The van der Waals surface area contributed by atoms with Gasteiger partial charge in [0.2, 0.25) is 0 Å². The summed E-state index contributed by atoms with van der Waals surface area (Å²) in [5, 5.41) is 3.78. The number of nitrogens with zero attached hydrogens (tertiary/aromatic N) is 1. The Balaban J connectivity index is 1.50. The molecule has 2 aliphatic rings. The van der Waals surface area contributed by atoms with E-state index in [-0.39, 0.29) is 11.3 Å². The van der Waals surface area contributed by atoms with Crippen LogP contribution in [0.4, 0.5) is 5.69 Å². The molecule has 3 nitrogen and oxygen atoms in total. The number of benzene rings is 2. The van der Waals surface area contributed by atoms with E-state index in [4.69, 9.17) is 0 Å². The molecule has 4 rings (SSSR count). The van der Waals surface area contributed by atoms with Gasteiger partial charge in [-0.15, -0.1) is 0 Å². The zero-order valence-electron chi connectivity index (χ0n) is 15.6. The minimum absolute atomic E-state index is 0.0632. The van der Waals surface area contributed by atoms with Crippen LogP contribution in [-0.4, -0.2) is 29.3 Å². The summed E-state index contributed by atoms with van der Waals surface area (Å²) in [5.41, 5.74) is 3.37. The molecular weight excluding hydrogens is 320 g/mol. The van der Waals surface area contributed by atoms with Crippen LogP contribution < -0.4 is 5.32 Å². The second kappa shape index (κ2) is 7.24. The molecule has 2 aromatic rings. The molecule has 2 aliphatic heterocycles. The van der Waals surface area contributed by atoms with Crippen molar-refractivity contribution >= 4 is 11.5 Å². The zero-order chi connectivity index (χ0) is 18.0. The van der Waals surface area contributed by atoms with Crippen LogP contribution in [0.1, 0.15) is 61.0 Å². The van der Waals surface area contributed by atoms with Crippen LogP contribution in [0.15, 0.2) is 54.6 Å². The van der Waals surface area contributed by atoms with Crippen LogP contribution >= 0.6 is 0 Å². The van der Waals surface area contributed by atoms with Crippen molar-refractivity contribution in [1.29, 1.82) is 0 Å². The molecule has 1 saturated heterocycles. The fraction of sp³-hybridized carbons (Fsp3) is 0.435. The van der Waals surface area contributed by atoms with Crippen molar-refractivity contribution in [2.75, 3.05) is 18.4 Å². The molecule has 1 unspecified atom stereocenters. The molecule has 0 bridgehead atoms. The minimum atomic E-state index is 0.0632. The molecule has 0 aliphatic carbocycles. The quantitative estimate of drug-likeness (QED) is 0.841. The first-order valence-electron chi connectivity index (χ1n) is 9.90. The summed E-state index contributed by atoms with van der Waals surface area (Å²) in [4.78, 5) is 15.1.